The summed E-state index contributed by atoms with van der Waals surface area (Å²) in [5.41, 5.74) is 0.870. The molecule has 138 valence electrons. The molecule has 2 heterocycles. The lowest BCUT2D eigenvalue weighted by atomic mass is 10.1. The van der Waals surface area contributed by atoms with Gasteiger partial charge in [-0.3, -0.25) is 4.98 Å². The molecule has 1 aliphatic rings. The van der Waals surface area contributed by atoms with E-state index < -0.39 is 11.7 Å². The third-order valence-corrected chi connectivity index (χ3v) is 4.65. The Hall–Kier alpha value is -2.35. The van der Waals surface area contributed by atoms with Gasteiger partial charge < -0.3 is 15.1 Å². The van der Waals surface area contributed by atoms with E-state index in [1.807, 2.05) is 28.0 Å². The molecular formula is C18H19F3N4S. The highest BCUT2D eigenvalue weighted by Crippen LogP contribution is 2.31. The minimum atomic E-state index is -4.32. The SMILES string of the molecule is FC(F)(F)c1cccc(N2CCN(C(=S)NCc3ccccn3)CC2)c1. The summed E-state index contributed by atoms with van der Waals surface area (Å²) in [5, 5.41) is 3.82. The molecule has 0 unspecified atom stereocenters. The second-order valence-electron chi connectivity index (χ2n) is 6.00. The topological polar surface area (TPSA) is 31.4 Å². The molecule has 8 heteroatoms. The molecule has 1 saturated heterocycles. The van der Waals surface area contributed by atoms with Crippen molar-refractivity contribution in [3.05, 3.63) is 59.9 Å². The standard InChI is InChI=1S/C18H19F3N4S/c19-18(20,21)14-4-3-6-16(12-14)24-8-10-25(11-9-24)17(26)23-13-15-5-1-2-7-22-15/h1-7,12H,8-11,13H2,(H,23,26). The van der Waals surface area contributed by atoms with Crippen LogP contribution in [-0.2, 0) is 12.7 Å². The zero-order valence-electron chi connectivity index (χ0n) is 14.0. The van der Waals surface area contributed by atoms with Crippen LogP contribution in [0.3, 0.4) is 0 Å². The van der Waals surface area contributed by atoms with Gasteiger partial charge in [0.05, 0.1) is 17.8 Å². The molecule has 0 aliphatic carbocycles. The second-order valence-corrected chi connectivity index (χ2v) is 6.39. The summed E-state index contributed by atoms with van der Waals surface area (Å²) < 4.78 is 38.6. The smallest absolute Gasteiger partial charge is 0.368 e. The lowest BCUT2D eigenvalue weighted by molar-refractivity contribution is -0.137. The molecule has 0 amide bonds. The van der Waals surface area contributed by atoms with Crippen LogP contribution in [0.5, 0.6) is 0 Å². The van der Waals surface area contributed by atoms with E-state index in [1.165, 1.54) is 12.1 Å². The molecule has 0 spiro atoms. The van der Waals surface area contributed by atoms with E-state index in [9.17, 15) is 13.2 Å². The number of piperazine rings is 1. The predicted octanol–water partition coefficient (Wildman–Crippen LogP) is 3.30. The van der Waals surface area contributed by atoms with E-state index >= 15 is 0 Å². The fourth-order valence-electron chi connectivity index (χ4n) is 2.83. The van der Waals surface area contributed by atoms with E-state index in [0.29, 0.717) is 43.5 Å². The van der Waals surface area contributed by atoms with Crippen LogP contribution in [0.4, 0.5) is 18.9 Å². The number of anilines is 1. The third kappa shape index (κ3) is 4.63. The highest BCUT2D eigenvalue weighted by molar-refractivity contribution is 7.80. The van der Waals surface area contributed by atoms with Gasteiger partial charge in [-0.2, -0.15) is 13.2 Å². The van der Waals surface area contributed by atoms with Gasteiger partial charge in [0.1, 0.15) is 0 Å². The van der Waals surface area contributed by atoms with Crippen molar-refractivity contribution in [1.82, 2.24) is 15.2 Å². The van der Waals surface area contributed by atoms with E-state index in [4.69, 9.17) is 12.2 Å². The first-order valence-corrected chi connectivity index (χ1v) is 8.69. The number of alkyl halides is 3. The fourth-order valence-corrected chi connectivity index (χ4v) is 3.08. The summed E-state index contributed by atoms with van der Waals surface area (Å²) >= 11 is 5.42. The quantitative estimate of drug-likeness (QED) is 0.826. The number of pyridine rings is 1. The van der Waals surface area contributed by atoms with Crippen molar-refractivity contribution in [3.63, 3.8) is 0 Å². The molecule has 0 saturated carbocycles. The van der Waals surface area contributed by atoms with Crippen LogP contribution in [0.1, 0.15) is 11.3 Å². The average molecular weight is 380 g/mol. The number of benzene rings is 1. The van der Waals surface area contributed by atoms with Crippen LogP contribution >= 0.6 is 12.2 Å². The van der Waals surface area contributed by atoms with E-state index in [-0.39, 0.29) is 0 Å². The number of rotatable bonds is 3. The van der Waals surface area contributed by atoms with E-state index in [2.05, 4.69) is 10.3 Å². The Morgan fingerprint density at radius 3 is 2.50 bits per heavy atom. The summed E-state index contributed by atoms with van der Waals surface area (Å²) in [6.07, 6.45) is -2.59. The largest absolute Gasteiger partial charge is 0.416 e. The van der Waals surface area contributed by atoms with Gasteiger partial charge in [0.25, 0.3) is 0 Å². The number of hydrogen-bond acceptors (Lipinski definition) is 3. The molecule has 1 aliphatic heterocycles. The number of nitrogens with one attached hydrogen (secondary N) is 1. The molecule has 1 N–H and O–H groups in total. The molecule has 1 fully saturated rings. The Bertz CT molecular complexity index is 744. The summed E-state index contributed by atoms with van der Waals surface area (Å²) in [7, 11) is 0. The van der Waals surface area contributed by atoms with Gasteiger partial charge in [-0.15, -0.1) is 0 Å². The summed E-state index contributed by atoms with van der Waals surface area (Å²) in [4.78, 5) is 8.22. The maximum atomic E-state index is 12.9. The number of aromatic nitrogens is 1. The number of hydrogen-bond donors (Lipinski definition) is 1. The van der Waals surface area contributed by atoms with Gasteiger partial charge in [-0.05, 0) is 42.5 Å². The van der Waals surface area contributed by atoms with Gasteiger partial charge in [-0.1, -0.05) is 12.1 Å². The number of halogens is 3. The zero-order valence-corrected chi connectivity index (χ0v) is 14.9. The maximum Gasteiger partial charge on any atom is 0.416 e. The molecule has 0 bridgehead atoms. The first-order valence-electron chi connectivity index (χ1n) is 8.28. The van der Waals surface area contributed by atoms with E-state index in [0.717, 1.165) is 11.8 Å². The molecular weight excluding hydrogens is 361 g/mol. The highest BCUT2D eigenvalue weighted by atomic mass is 32.1. The van der Waals surface area contributed by atoms with Crippen molar-refractivity contribution in [2.75, 3.05) is 31.1 Å². The second kappa shape index (κ2) is 7.90. The normalized spacial score (nSPS) is 15.0. The summed E-state index contributed by atoms with van der Waals surface area (Å²) in [5.74, 6) is 0. The molecule has 1 aromatic heterocycles. The van der Waals surface area contributed by atoms with Gasteiger partial charge in [-0.25, -0.2) is 0 Å². The molecule has 0 radical (unpaired) electrons. The van der Waals surface area contributed by atoms with Crippen LogP contribution < -0.4 is 10.2 Å². The zero-order chi connectivity index (χ0) is 18.6. The Morgan fingerprint density at radius 1 is 1.08 bits per heavy atom. The fraction of sp³-hybridized carbons (Fsp3) is 0.333. The minimum Gasteiger partial charge on any atom is -0.368 e. The van der Waals surface area contributed by atoms with Crippen molar-refractivity contribution >= 4 is 23.0 Å². The van der Waals surface area contributed by atoms with Gasteiger partial charge in [0, 0.05) is 38.1 Å². The Morgan fingerprint density at radius 2 is 1.85 bits per heavy atom. The van der Waals surface area contributed by atoms with Crippen molar-refractivity contribution in [2.45, 2.75) is 12.7 Å². The Kier molecular flexibility index (Phi) is 5.61. The minimum absolute atomic E-state index is 0.549. The molecule has 2 aromatic rings. The van der Waals surface area contributed by atoms with Crippen LogP contribution in [0.25, 0.3) is 0 Å². The maximum absolute atomic E-state index is 12.9. The summed E-state index contributed by atoms with van der Waals surface area (Å²) in [6.45, 7) is 3.10. The van der Waals surface area contributed by atoms with Crippen molar-refractivity contribution in [3.8, 4) is 0 Å². The van der Waals surface area contributed by atoms with Gasteiger partial charge in [0.2, 0.25) is 0 Å². The average Bonchev–Trinajstić information content (AvgIpc) is 2.66. The molecule has 1 aromatic carbocycles. The van der Waals surface area contributed by atoms with E-state index in [1.54, 1.807) is 12.3 Å². The van der Waals surface area contributed by atoms with Gasteiger partial charge >= 0.3 is 6.18 Å². The van der Waals surface area contributed by atoms with Gasteiger partial charge in [0.15, 0.2) is 5.11 Å². The monoisotopic (exact) mass is 380 g/mol. The van der Waals surface area contributed by atoms with Crippen molar-refractivity contribution < 1.29 is 13.2 Å². The van der Waals surface area contributed by atoms with Crippen LogP contribution in [0, 0.1) is 0 Å². The van der Waals surface area contributed by atoms with Crippen LogP contribution in [0.15, 0.2) is 48.7 Å². The molecule has 0 atom stereocenters. The highest BCUT2D eigenvalue weighted by Gasteiger charge is 2.31. The third-order valence-electron chi connectivity index (χ3n) is 4.25. The predicted molar refractivity (Wildman–Crippen MR) is 98.9 cm³/mol. The van der Waals surface area contributed by atoms with Crippen molar-refractivity contribution in [2.24, 2.45) is 0 Å². The first kappa shape index (κ1) is 18.4. The molecule has 4 nitrogen and oxygen atoms in total. The first-order chi connectivity index (χ1) is 12.4. The number of thiocarbonyl (C=S) groups is 1. The Labute approximate surface area is 155 Å². The lowest BCUT2D eigenvalue weighted by Gasteiger charge is -2.37. The van der Waals surface area contributed by atoms with Crippen LogP contribution in [-0.4, -0.2) is 41.2 Å². The number of nitrogens with zero attached hydrogens (tertiary/aromatic N) is 3. The summed E-state index contributed by atoms with van der Waals surface area (Å²) in [6, 6.07) is 11.1. The lowest BCUT2D eigenvalue weighted by Crippen LogP contribution is -2.51. The molecule has 3 rings (SSSR count). The van der Waals surface area contributed by atoms with Crippen LogP contribution in [0.2, 0.25) is 0 Å². The van der Waals surface area contributed by atoms with Crippen molar-refractivity contribution in [1.29, 1.82) is 0 Å². The molecule has 26 heavy (non-hydrogen) atoms. The Balaban J connectivity index is 1.53.